The van der Waals surface area contributed by atoms with E-state index < -0.39 is 29.3 Å². The Morgan fingerprint density at radius 2 is 2.03 bits per heavy atom. The highest BCUT2D eigenvalue weighted by Gasteiger charge is 2.41. The van der Waals surface area contributed by atoms with Gasteiger partial charge in [-0.05, 0) is 24.3 Å². The van der Waals surface area contributed by atoms with Crippen LogP contribution >= 0.6 is 0 Å². The van der Waals surface area contributed by atoms with Gasteiger partial charge in [0.15, 0.2) is 0 Å². The Morgan fingerprint density at radius 1 is 1.30 bits per heavy atom. The number of rotatable bonds is 8. The molecule has 3 rings (SSSR count). The van der Waals surface area contributed by atoms with Crippen LogP contribution in [-0.4, -0.2) is 87.0 Å². The van der Waals surface area contributed by atoms with E-state index in [0.717, 1.165) is 0 Å². The van der Waals surface area contributed by atoms with Crippen molar-refractivity contribution in [2.75, 3.05) is 26.3 Å². The molecule has 0 unspecified atom stereocenters. The van der Waals surface area contributed by atoms with Crippen molar-refractivity contribution in [2.45, 2.75) is 49.2 Å². The van der Waals surface area contributed by atoms with Crippen LogP contribution in [0.3, 0.4) is 0 Å². The van der Waals surface area contributed by atoms with Gasteiger partial charge >= 0.3 is 0 Å². The third kappa shape index (κ3) is 4.71. The quantitative estimate of drug-likeness (QED) is 0.153. The van der Waals surface area contributed by atoms with Crippen molar-refractivity contribution < 1.29 is 30.1 Å². The largest absolute Gasteiger partial charge is 0.395 e. The fraction of sp³-hybridized carbons (Fsp3) is 0.667. The topological polar surface area (TPSA) is 185 Å². The summed E-state index contributed by atoms with van der Waals surface area (Å²) in [6.07, 6.45) is -2.52. The maximum Gasteiger partial charge on any atom is 0.273 e. The molecule has 4 atom stereocenters. The molecule has 1 aromatic carbocycles. The Hall–Kier alpha value is -2.31. The highest BCUT2D eigenvalue weighted by atomic mass is 16.6. The fourth-order valence-corrected chi connectivity index (χ4v) is 4.08. The molecule has 0 spiro atoms. The Bertz CT molecular complexity index is 812. The van der Waals surface area contributed by atoms with Crippen LogP contribution in [0.25, 0.3) is 10.4 Å². The molecule has 0 aromatic heterocycles. The number of likely N-dealkylation sites (tertiary alicyclic amines) is 1. The van der Waals surface area contributed by atoms with Crippen LogP contribution in [0.15, 0.2) is 23.3 Å². The number of aliphatic hydroxyl groups excluding tert-OH is 4. The molecule has 4 N–H and O–H groups in total. The minimum atomic E-state index is -1.30. The summed E-state index contributed by atoms with van der Waals surface area (Å²) in [5, 5.41) is 53.8. The molecule has 30 heavy (non-hydrogen) atoms. The zero-order valence-electron chi connectivity index (χ0n) is 16.2. The van der Waals surface area contributed by atoms with Gasteiger partial charge in [-0.2, -0.15) is 0 Å². The van der Waals surface area contributed by atoms with E-state index in [2.05, 4.69) is 10.0 Å². The van der Waals surface area contributed by atoms with Gasteiger partial charge in [-0.25, -0.2) is 0 Å². The van der Waals surface area contributed by atoms with Crippen LogP contribution in [0, 0.1) is 10.1 Å². The predicted molar refractivity (Wildman–Crippen MR) is 104 cm³/mol. The van der Waals surface area contributed by atoms with E-state index in [1.54, 1.807) is 17.0 Å². The molecule has 2 aliphatic rings. The van der Waals surface area contributed by atoms with Crippen LogP contribution in [0.5, 0.6) is 0 Å². The monoisotopic (exact) mass is 423 g/mol. The highest BCUT2D eigenvalue weighted by molar-refractivity contribution is 5.53. The van der Waals surface area contributed by atoms with Crippen molar-refractivity contribution >= 4 is 11.4 Å². The Balaban J connectivity index is 1.51. The van der Waals surface area contributed by atoms with Gasteiger partial charge in [0.25, 0.3) is 5.69 Å². The van der Waals surface area contributed by atoms with E-state index in [0.29, 0.717) is 31.6 Å². The first kappa shape index (κ1) is 22.4. The van der Waals surface area contributed by atoms with Crippen molar-refractivity contribution in [3.63, 3.8) is 0 Å². The Kier molecular flexibility index (Phi) is 7.21. The number of azide groups is 1. The molecule has 1 aliphatic heterocycles. The van der Waals surface area contributed by atoms with Crippen LogP contribution < -0.4 is 0 Å². The summed E-state index contributed by atoms with van der Waals surface area (Å²) in [6, 6.07) is 3.74. The van der Waals surface area contributed by atoms with Crippen LogP contribution in [-0.2, 0) is 4.74 Å². The van der Waals surface area contributed by atoms with E-state index in [1.807, 2.05) is 0 Å². The molecule has 164 valence electrons. The summed E-state index contributed by atoms with van der Waals surface area (Å²) in [6.45, 7) is 0.408. The van der Waals surface area contributed by atoms with E-state index in [9.17, 15) is 30.5 Å². The standard InChI is InChI=1S/C18H25N5O7/c19-21-20-11-1-2-13(14(7-11)23(28)29)10-5-12(6-10)30-4-3-22-8-16(25)18(27)17(26)15(22)9-24/h1-2,7,10,12,15-18,24-27H,3-6,8-9H2/t10?,12?,15-,16+,17-,18-/m1/s1. The minimum Gasteiger partial charge on any atom is -0.395 e. The Morgan fingerprint density at radius 3 is 2.67 bits per heavy atom. The van der Waals surface area contributed by atoms with Gasteiger partial charge in [-0.3, -0.25) is 15.0 Å². The maximum atomic E-state index is 11.3. The number of ether oxygens (including phenoxy) is 1. The number of hydrogen-bond donors (Lipinski definition) is 4. The molecule has 1 aromatic rings. The molecule has 1 aliphatic carbocycles. The molecule has 1 saturated carbocycles. The third-order valence-corrected chi connectivity index (χ3v) is 5.85. The van der Waals surface area contributed by atoms with Gasteiger partial charge in [-0.15, -0.1) is 0 Å². The maximum absolute atomic E-state index is 11.3. The van der Waals surface area contributed by atoms with Gasteiger partial charge in [0, 0.05) is 35.3 Å². The summed E-state index contributed by atoms with van der Waals surface area (Å²) in [5.41, 5.74) is 9.17. The molecule has 2 fully saturated rings. The second-order valence-corrected chi connectivity index (χ2v) is 7.64. The lowest BCUT2D eigenvalue weighted by Crippen LogP contribution is -2.63. The van der Waals surface area contributed by atoms with Gasteiger partial charge < -0.3 is 25.2 Å². The molecule has 0 radical (unpaired) electrons. The molecular formula is C18H25N5O7. The van der Waals surface area contributed by atoms with Crippen molar-refractivity contribution in [1.82, 2.24) is 4.90 Å². The first-order valence-corrected chi connectivity index (χ1v) is 9.69. The third-order valence-electron chi connectivity index (χ3n) is 5.85. The molecule has 0 bridgehead atoms. The number of nitrogens with zero attached hydrogens (tertiary/aromatic N) is 5. The number of β-amino-alcohol motifs (C(OH)–C–C–N with tert-alkyl or cyclic N) is 1. The molecule has 0 amide bonds. The summed E-state index contributed by atoms with van der Waals surface area (Å²) in [5.74, 6) is -0.0329. The molecular weight excluding hydrogens is 398 g/mol. The fourth-order valence-electron chi connectivity index (χ4n) is 4.08. The van der Waals surface area contributed by atoms with Gasteiger partial charge in [-0.1, -0.05) is 17.2 Å². The summed E-state index contributed by atoms with van der Waals surface area (Å²) >= 11 is 0. The summed E-state index contributed by atoms with van der Waals surface area (Å²) in [4.78, 5) is 15.2. The number of nitro benzene ring substituents is 1. The molecule has 12 nitrogen and oxygen atoms in total. The average molecular weight is 423 g/mol. The molecule has 1 saturated heterocycles. The summed E-state index contributed by atoms with van der Waals surface area (Å²) < 4.78 is 5.80. The smallest absolute Gasteiger partial charge is 0.273 e. The van der Waals surface area contributed by atoms with Crippen LogP contribution in [0.4, 0.5) is 11.4 Å². The number of aliphatic hydroxyl groups is 4. The predicted octanol–water partition coefficient (Wildman–Crippen LogP) is 0.558. The number of hydrogen-bond acceptors (Lipinski definition) is 9. The second-order valence-electron chi connectivity index (χ2n) is 7.64. The molecule has 1 heterocycles. The second kappa shape index (κ2) is 9.67. The normalized spacial score (nSPS) is 31.6. The first-order valence-electron chi connectivity index (χ1n) is 9.69. The van der Waals surface area contributed by atoms with E-state index in [-0.39, 0.29) is 36.5 Å². The van der Waals surface area contributed by atoms with Crippen molar-refractivity contribution in [3.8, 4) is 0 Å². The van der Waals surface area contributed by atoms with Crippen LogP contribution in [0.2, 0.25) is 0 Å². The van der Waals surface area contributed by atoms with Crippen molar-refractivity contribution in [2.24, 2.45) is 5.11 Å². The van der Waals surface area contributed by atoms with Gasteiger partial charge in [0.2, 0.25) is 0 Å². The Labute approximate surface area is 172 Å². The number of benzene rings is 1. The summed E-state index contributed by atoms with van der Waals surface area (Å²) in [7, 11) is 0. The highest BCUT2D eigenvalue weighted by Crippen LogP contribution is 2.43. The van der Waals surface area contributed by atoms with Gasteiger partial charge in [0.1, 0.15) is 12.2 Å². The van der Waals surface area contributed by atoms with Crippen molar-refractivity contribution in [3.05, 3.63) is 44.3 Å². The lowest BCUT2D eigenvalue weighted by molar-refractivity contribution is -0.385. The van der Waals surface area contributed by atoms with Gasteiger partial charge in [0.05, 0.1) is 36.4 Å². The lowest BCUT2D eigenvalue weighted by Gasteiger charge is -2.43. The zero-order valence-corrected chi connectivity index (χ0v) is 16.2. The number of piperidine rings is 1. The zero-order chi connectivity index (χ0) is 21.8. The first-order chi connectivity index (χ1) is 14.3. The van der Waals surface area contributed by atoms with Crippen molar-refractivity contribution in [1.29, 1.82) is 0 Å². The molecule has 12 heteroatoms. The SMILES string of the molecule is [N-]=[N+]=Nc1ccc(C2CC(OCCN3C[C@H](O)[C@@H](O)[C@H](O)[C@H]3CO)C2)c([N+](=O)[O-])c1. The lowest BCUT2D eigenvalue weighted by atomic mass is 9.77. The minimum absolute atomic E-state index is 0.0329. The van der Waals surface area contributed by atoms with Crippen LogP contribution in [0.1, 0.15) is 24.3 Å². The van der Waals surface area contributed by atoms with E-state index >= 15 is 0 Å². The van der Waals surface area contributed by atoms with E-state index in [4.69, 9.17) is 10.3 Å². The average Bonchev–Trinajstić information content (AvgIpc) is 2.68. The van der Waals surface area contributed by atoms with E-state index in [1.165, 1.54) is 6.07 Å². The number of nitro groups is 1.